The molecule has 1 rings (SSSR count). The first-order valence-electron chi connectivity index (χ1n) is 6.59. The third-order valence-electron chi connectivity index (χ3n) is 2.63. The standard InChI is InChI=1S/C13H21N3O4S/c1-5-14-10-7-6-8-11(12(10)16(17)18)21(19,20)15-9-13(2,3)4/h6-8,14-15H,5,9H2,1-4H3. The van der Waals surface area contributed by atoms with Crippen molar-refractivity contribution in [2.24, 2.45) is 5.41 Å². The summed E-state index contributed by atoms with van der Waals surface area (Å²) in [7, 11) is -3.94. The quantitative estimate of drug-likeness (QED) is 0.620. The van der Waals surface area contributed by atoms with Gasteiger partial charge in [0, 0.05) is 13.1 Å². The maximum atomic E-state index is 12.3. The minimum Gasteiger partial charge on any atom is -0.380 e. The van der Waals surface area contributed by atoms with Crippen molar-refractivity contribution in [2.75, 3.05) is 18.4 Å². The molecule has 0 heterocycles. The van der Waals surface area contributed by atoms with Gasteiger partial charge in [0.1, 0.15) is 5.69 Å². The zero-order valence-electron chi connectivity index (χ0n) is 12.6. The van der Waals surface area contributed by atoms with E-state index in [-0.39, 0.29) is 22.5 Å². The average Bonchev–Trinajstić information content (AvgIpc) is 2.35. The summed E-state index contributed by atoms with van der Waals surface area (Å²) >= 11 is 0. The first kappa shape index (κ1) is 17.4. The van der Waals surface area contributed by atoms with Crippen LogP contribution < -0.4 is 10.0 Å². The smallest absolute Gasteiger partial charge is 0.312 e. The van der Waals surface area contributed by atoms with Crippen LogP contribution in [0.25, 0.3) is 0 Å². The van der Waals surface area contributed by atoms with Crippen LogP contribution in [0, 0.1) is 15.5 Å². The molecule has 0 radical (unpaired) electrons. The molecule has 0 saturated heterocycles. The fraction of sp³-hybridized carbons (Fsp3) is 0.538. The number of nitrogens with one attached hydrogen (secondary N) is 2. The molecule has 0 saturated carbocycles. The summed E-state index contributed by atoms with van der Waals surface area (Å²) in [6.45, 7) is 8.05. The Balaban J connectivity index is 3.29. The molecule has 8 heteroatoms. The lowest BCUT2D eigenvalue weighted by molar-refractivity contribution is -0.386. The van der Waals surface area contributed by atoms with Crippen LogP contribution in [-0.4, -0.2) is 26.4 Å². The van der Waals surface area contributed by atoms with Gasteiger partial charge in [0.25, 0.3) is 0 Å². The summed E-state index contributed by atoms with van der Waals surface area (Å²) in [6.07, 6.45) is 0. The van der Waals surface area contributed by atoms with Crippen molar-refractivity contribution in [1.29, 1.82) is 0 Å². The topological polar surface area (TPSA) is 101 Å². The van der Waals surface area contributed by atoms with Crippen molar-refractivity contribution >= 4 is 21.4 Å². The van der Waals surface area contributed by atoms with E-state index in [1.165, 1.54) is 18.2 Å². The number of para-hydroxylation sites is 1. The van der Waals surface area contributed by atoms with Gasteiger partial charge in [-0.2, -0.15) is 0 Å². The molecule has 0 spiro atoms. The molecule has 0 aromatic heterocycles. The minimum absolute atomic E-state index is 0.192. The van der Waals surface area contributed by atoms with Gasteiger partial charge in [-0.05, 0) is 24.5 Å². The largest absolute Gasteiger partial charge is 0.380 e. The van der Waals surface area contributed by atoms with Crippen LogP contribution in [0.15, 0.2) is 23.1 Å². The van der Waals surface area contributed by atoms with Gasteiger partial charge in [0.05, 0.1) is 4.92 Å². The van der Waals surface area contributed by atoms with Crippen molar-refractivity contribution in [3.05, 3.63) is 28.3 Å². The molecule has 0 aliphatic rings. The molecule has 0 amide bonds. The lowest BCUT2D eigenvalue weighted by Crippen LogP contribution is -2.32. The van der Waals surface area contributed by atoms with E-state index in [9.17, 15) is 18.5 Å². The zero-order valence-corrected chi connectivity index (χ0v) is 13.5. The molecule has 0 aliphatic carbocycles. The summed E-state index contributed by atoms with van der Waals surface area (Å²) < 4.78 is 27.1. The van der Waals surface area contributed by atoms with E-state index in [1.54, 1.807) is 6.92 Å². The lowest BCUT2D eigenvalue weighted by Gasteiger charge is -2.19. The molecule has 118 valence electrons. The molecule has 0 aliphatic heterocycles. The fourth-order valence-electron chi connectivity index (χ4n) is 1.65. The number of nitrogens with zero attached hydrogens (tertiary/aromatic N) is 1. The first-order valence-corrected chi connectivity index (χ1v) is 8.08. The fourth-order valence-corrected chi connectivity index (χ4v) is 3.13. The SMILES string of the molecule is CCNc1cccc(S(=O)(=O)NCC(C)(C)C)c1[N+](=O)[O-]. The van der Waals surface area contributed by atoms with Gasteiger partial charge >= 0.3 is 5.69 Å². The van der Waals surface area contributed by atoms with E-state index in [4.69, 9.17) is 0 Å². The number of nitro benzene ring substituents is 1. The van der Waals surface area contributed by atoms with Gasteiger partial charge in [0.15, 0.2) is 4.90 Å². The lowest BCUT2D eigenvalue weighted by atomic mass is 9.98. The molecule has 1 aromatic carbocycles. The summed E-state index contributed by atoms with van der Waals surface area (Å²) in [5.74, 6) is 0. The van der Waals surface area contributed by atoms with Gasteiger partial charge in [-0.1, -0.05) is 26.8 Å². The predicted octanol–water partition coefficient (Wildman–Crippen LogP) is 2.35. The Hall–Kier alpha value is -1.67. The molecule has 2 N–H and O–H groups in total. The number of rotatable bonds is 6. The molecular formula is C13H21N3O4S. The minimum atomic E-state index is -3.94. The molecule has 0 bridgehead atoms. The Kier molecular flexibility index (Phi) is 5.30. The molecule has 0 atom stereocenters. The maximum absolute atomic E-state index is 12.3. The van der Waals surface area contributed by atoms with Crippen LogP contribution in [0.5, 0.6) is 0 Å². The summed E-state index contributed by atoms with van der Waals surface area (Å²) in [6, 6.07) is 4.21. The van der Waals surface area contributed by atoms with E-state index < -0.39 is 20.6 Å². The number of nitro groups is 1. The third kappa shape index (κ3) is 4.68. The maximum Gasteiger partial charge on any atom is 0.312 e. The number of hydrogen-bond donors (Lipinski definition) is 2. The van der Waals surface area contributed by atoms with Gasteiger partial charge < -0.3 is 5.32 Å². The first-order chi connectivity index (χ1) is 9.58. The van der Waals surface area contributed by atoms with Crippen molar-refractivity contribution < 1.29 is 13.3 Å². The monoisotopic (exact) mass is 315 g/mol. The van der Waals surface area contributed by atoms with Crippen molar-refractivity contribution in [3.63, 3.8) is 0 Å². The Morgan fingerprint density at radius 1 is 1.29 bits per heavy atom. The highest BCUT2D eigenvalue weighted by atomic mass is 32.2. The molecule has 0 unspecified atom stereocenters. The van der Waals surface area contributed by atoms with E-state index in [1.807, 2.05) is 20.8 Å². The Morgan fingerprint density at radius 3 is 2.38 bits per heavy atom. The number of anilines is 1. The molecular weight excluding hydrogens is 294 g/mol. The highest BCUT2D eigenvalue weighted by molar-refractivity contribution is 7.89. The number of benzene rings is 1. The van der Waals surface area contributed by atoms with Gasteiger partial charge in [0.2, 0.25) is 10.0 Å². The van der Waals surface area contributed by atoms with E-state index in [0.717, 1.165) is 0 Å². The van der Waals surface area contributed by atoms with Gasteiger partial charge in [-0.15, -0.1) is 0 Å². The average molecular weight is 315 g/mol. The Bertz CT molecular complexity index is 621. The third-order valence-corrected chi connectivity index (χ3v) is 4.06. The molecule has 0 fully saturated rings. The summed E-state index contributed by atoms with van der Waals surface area (Å²) in [5.41, 5.74) is -0.497. The second-order valence-corrected chi connectivity index (χ2v) is 7.56. The van der Waals surface area contributed by atoms with Crippen LogP contribution in [0.3, 0.4) is 0 Å². The van der Waals surface area contributed by atoms with Crippen LogP contribution in [0.1, 0.15) is 27.7 Å². The second kappa shape index (κ2) is 6.40. The van der Waals surface area contributed by atoms with E-state index in [2.05, 4.69) is 10.0 Å². The van der Waals surface area contributed by atoms with Crippen molar-refractivity contribution in [2.45, 2.75) is 32.6 Å². The predicted molar refractivity (Wildman–Crippen MR) is 81.9 cm³/mol. The van der Waals surface area contributed by atoms with Crippen LogP contribution in [-0.2, 0) is 10.0 Å². The molecule has 7 nitrogen and oxygen atoms in total. The number of sulfonamides is 1. The highest BCUT2D eigenvalue weighted by Crippen LogP contribution is 2.32. The van der Waals surface area contributed by atoms with Crippen LogP contribution in [0.4, 0.5) is 11.4 Å². The molecule has 21 heavy (non-hydrogen) atoms. The number of hydrogen-bond acceptors (Lipinski definition) is 5. The van der Waals surface area contributed by atoms with E-state index >= 15 is 0 Å². The zero-order chi connectivity index (χ0) is 16.3. The van der Waals surface area contributed by atoms with Crippen LogP contribution >= 0.6 is 0 Å². The second-order valence-electron chi connectivity index (χ2n) is 5.82. The van der Waals surface area contributed by atoms with E-state index in [0.29, 0.717) is 6.54 Å². The van der Waals surface area contributed by atoms with Crippen molar-refractivity contribution in [3.8, 4) is 0 Å². The van der Waals surface area contributed by atoms with Crippen LogP contribution in [0.2, 0.25) is 0 Å². The van der Waals surface area contributed by atoms with Gasteiger partial charge in [-0.25, -0.2) is 13.1 Å². The molecule has 1 aromatic rings. The normalized spacial score (nSPS) is 12.2. The van der Waals surface area contributed by atoms with Gasteiger partial charge in [-0.3, -0.25) is 10.1 Å². The summed E-state index contributed by atoms with van der Waals surface area (Å²) in [4.78, 5) is 10.2. The Labute approximate surface area is 124 Å². The summed E-state index contributed by atoms with van der Waals surface area (Å²) in [5, 5.41) is 14.0. The highest BCUT2D eigenvalue weighted by Gasteiger charge is 2.29. The van der Waals surface area contributed by atoms with Crippen molar-refractivity contribution in [1.82, 2.24) is 4.72 Å². The Morgan fingerprint density at radius 2 is 1.90 bits per heavy atom.